The number of alkyl halides is 1. The lowest BCUT2D eigenvalue weighted by Gasteiger charge is -2.07. The maximum absolute atomic E-state index is 12.9. The van der Waals surface area contributed by atoms with Gasteiger partial charge in [0.15, 0.2) is 28.6 Å². The molecule has 0 saturated heterocycles. The monoisotopic (exact) mass is 241 g/mol. The van der Waals surface area contributed by atoms with Gasteiger partial charge in [-0.1, -0.05) is 0 Å². The second-order valence-corrected chi connectivity index (χ2v) is 2.91. The van der Waals surface area contributed by atoms with Crippen LogP contribution in [-0.2, 0) is 0 Å². The summed E-state index contributed by atoms with van der Waals surface area (Å²) in [6, 6.07) is 1.17. The first-order chi connectivity index (χ1) is 6.91. The molecule has 0 N–H and O–H groups in total. The van der Waals surface area contributed by atoms with Crippen molar-refractivity contribution < 1.29 is 22.0 Å². The third kappa shape index (κ3) is 1.75. The first kappa shape index (κ1) is 11.7. The Bertz CT molecular complexity index is 424. The van der Waals surface area contributed by atoms with Crippen molar-refractivity contribution in [2.24, 2.45) is 0 Å². The van der Waals surface area contributed by atoms with Gasteiger partial charge >= 0.3 is 0 Å². The smallest absolute Gasteiger partial charge is 0.200 e. The molecule has 0 aliphatic heterocycles. The molecule has 1 nitrogen and oxygen atoms in total. The molecule has 1 rings (SSSR count). The minimum absolute atomic E-state index is 1.17. The van der Waals surface area contributed by atoms with Crippen LogP contribution in [0.25, 0.3) is 0 Å². The molecule has 0 aromatic heterocycles. The van der Waals surface area contributed by atoms with Crippen molar-refractivity contribution in [1.29, 1.82) is 5.26 Å². The zero-order chi connectivity index (χ0) is 11.7. The maximum atomic E-state index is 12.9. The largest absolute Gasteiger partial charge is 0.203 e. The Morgan fingerprint density at radius 2 is 1.20 bits per heavy atom. The highest BCUT2D eigenvalue weighted by Gasteiger charge is 2.29. The van der Waals surface area contributed by atoms with E-state index in [0.717, 1.165) is 0 Å². The molecule has 0 aliphatic rings. The number of hydrogen-bond donors (Lipinski definition) is 0. The summed E-state index contributed by atoms with van der Waals surface area (Å²) in [6.45, 7) is 0. The zero-order valence-electron chi connectivity index (χ0n) is 6.79. The topological polar surface area (TPSA) is 23.8 Å². The highest BCUT2D eigenvalue weighted by atomic mass is 35.5. The summed E-state index contributed by atoms with van der Waals surface area (Å²) in [5, 5.41) is 6.30. The third-order valence-corrected chi connectivity index (χ3v) is 1.93. The standard InChI is InChI=1S/C8HClF5N/c9-2(1-15)3-4(10)6(12)8(14)7(13)5(3)11/h2H. The predicted molar refractivity (Wildman–Crippen MR) is 40.4 cm³/mol. The Labute approximate surface area is 85.7 Å². The minimum atomic E-state index is -2.28. The fraction of sp³-hybridized carbons (Fsp3) is 0.125. The molecule has 1 aromatic rings. The highest BCUT2D eigenvalue weighted by molar-refractivity contribution is 6.22. The van der Waals surface area contributed by atoms with Crippen molar-refractivity contribution in [2.45, 2.75) is 5.38 Å². The van der Waals surface area contributed by atoms with Crippen molar-refractivity contribution >= 4 is 11.6 Å². The lowest BCUT2D eigenvalue weighted by atomic mass is 10.1. The van der Waals surface area contributed by atoms with Crippen molar-refractivity contribution in [2.75, 3.05) is 0 Å². The normalized spacial score (nSPS) is 12.3. The molecule has 0 bridgehead atoms. The molecule has 0 radical (unpaired) electrons. The van der Waals surface area contributed by atoms with Crippen LogP contribution < -0.4 is 0 Å². The van der Waals surface area contributed by atoms with Crippen LogP contribution in [0, 0.1) is 40.4 Å². The summed E-state index contributed by atoms with van der Waals surface area (Å²) in [6.07, 6.45) is 0. The molecule has 0 spiro atoms. The van der Waals surface area contributed by atoms with Gasteiger partial charge in [0.2, 0.25) is 5.82 Å². The van der Waals surface area contributed by atoms with Crippen LogP contribution in [0.1, 0.15) is 10.9 Å². The van der Waals surface area contributed by atoms with Crippen LogP contribution in [0.2, 0.25) is 0 Å². The molecular formula is C8HClF5N. The van der Waals surface area contributed by atoms with Gasteiger partial charge in [-0.15, -0.1) is 11.6 Å². The number of nitriles is 1. The first-order valence-corrected chi connectivity index (χ1v) is 3.90. The van der Waals surface area contributed by atoms with E-state index >= 15 is 0 Å². The summed E-state index contributed by atoms with van der Waals surface area (Å²) in [5.74, 6) is -10.7. The summed E-state index contributed by atoms with van der Waals surface area (Å²) in [5.41, 5.74) is -1.34. The van der Waals surface area contributed by atoms with E-state index in [4.69, 9.17) is 16.9 Å². The maximum Gasteiger partial charge on any atom is 0.200 e. The van der Waals surface area contributed by atoms with E-state index in [-0.39, 0.29) is 0 Å². The summed E-state index contributed by atoms with van der Waals surface area (Å²) < 4.78 is 63.4. The van der Waals surface area contributed by atoms with Gasteiger partial charge in [0.1, 0.15) is 0 Å². The van der Waals surface area contributed by atoms with Crippen LogP contribution >= 0.6 is 11.6 Å². The van der Waals surface area contributed by atoms with Crippen LogP contribution in [0.15, 0.2) is 0 Å². The molecule has 1 aromatic carbocycles. The Balaban J connectivity index is 3.61. The molecule has 0 heterocycles. The highest BCUT2D eigenvalue weighted by Crippen LogP contribution is 2.30. The van der Waals surface area contributed by atoms with Gasteiger partial charge in [-0.05, 0) is 0 Å². The molecular weight excluding hydrogens is 241 g/mol. The number of hydrogen-bond acceptors (Lipinski definition) is 1. The SMILES string of the molecule is N#CC(Cl)c1c(F)c(F)c(F)c(F)c1F. The number of benzene rings is 1. The molecule has 1 unspecified atom stereocenters. The zero-order valence-corrected chi connectivity index (χ0v) is 7.55. The quantitative estimate of drug-likeness (QED) is 0.321. The van der Waals surface area contributed by atoms with E-state index in [1.807, 2.05) is 0 Å². The van der Waals surface area contributed by atoms with E-state index < -0.39 is 40.0 Å². The van der Waals surface area contributed by atoms with Crippen LogP contribution in [0.3, 0.4) is 0 Å². The fourth-order valence-electron chi connectivity index (χ4n) is 0.909. The molecule has 1 atom stereocenters. The van der Waals surface area contributed by atoms with Gasteiger partial charge in [0, 0.05) is 0 Å². The molecule has 0 aliphatic carbocycles. The Morgan fingerprint density at radius 1 is 0.867 bits per heavy atom. The van der Waals surface area contributed by atoms with E-state index in [0.29, 0.717) is 0 Å². The van der Waals surface area contributed by atoms with Gasteiger partial charge in [-0.2, -0.15) is 5.26 Å². The van der Waals surface area contributed by atoms with E-state index in [9.17, 15) is 22.0 Å². The second kappa shape index (κ2) is 4.03. The van der Waals surface area contributed by atoms with Crippen LogP contribution in [0.4, 0.5) is 22.0 Å². The molecule has 7 heteroatoms. The van der Waals surface area contributed by atoms with Crippen molar-refractivity contribution in [3.63, 3.8) is 0 Å². The van der Waals surface area contributed by atoms with Gasteiger partial charge in [-0.3, -0.25) is 0 Å². The van der Waals surface area contributed by atoms with E-state index in [1.165, 1.54) is 6.07 Å². The molecule has 15 heavy (non-hydrogen) atoms. The van der Waals surface area contributed by atoms with Crippen molar-refractivity contribution in [3.8, 4) is 6.07 Å². The van der Waals surface area contributed by atoms with Gasteiger partial charge in [0.05, 0.1) is 11.6 Å². The minimum Gasteiger partial charge on any atom is -0.203 e. The molecule has 0 saturated carbocycles. The van der Waals surface area contributed by atoms with E-state index in [2.05, 4.69) is 0 Å². The Hall–Kier alpha value is -1.35. The first-order valence-electron chi connectivity index (χ1n) is 3.46. The molecule has 0 fully saturated rings. The molecule has 0 amide bonds. The van der Waals surface area contributed by atoms with Crippen molar-refractivity contribution in [3.05, 3.63) is 34.6 Å². The van der Waals surface area contributed by atoms with Gasteiger partial charge in [-0.25, -0.2) is 22.0 Å². The van der Waals surface area contributed by atoms with Gasteiger partial charge < -0.3 is 0 Å². The summed E-state index contributed by atoms with van der Waals surface area (Å²) in [7, 11) is 0. The third-order valence-electron chi connectivity index (χ3n) is 1.61. The lowest BCUT2D eigenvalue weighted by Crippen LogP contribution is -2.08. The summed E-state index contributed by atoms with van der Waals surface area (Å²) >= 11 is 5.10. The Morgan fingerprint density at radius 3 is 1.53 bits per heavy atom. The number of nitrogens with zero attached hydrogens (tertiary/aromatic N) is 1. The fourth-order valence-corrected chi connectivity index (χ4v) is 1.10. The van der Waals surface area contributed by atoms with Crippen LogP contribution in [-0.4, -0.2) is 0 Å². The number of halogens is 6. The predicted octanol–water partition coefficient (Wildman–Crippen LogP) is 3.19. The lowest BCUT2D eigenvalue weighted by molar-refractivity contribution is 0.371. The van der Waals surface area contributed by atoms with Gasteiger partial charge in [0.25, 0.3) is 0 Å². The van der Waals surface area contributed by atoms with E-state index in [1.54, 1.807) is 0 Å². The Kier molecular flexibility index (Phi) is 3.15. The average Bonchev–Trinajstić information content (AvgIpc) is 2.23. The number of rotatable bonds is 1. The summed E-state index contributed by atoms with van der Waals surface area (Å²) in [4.78, 5) is 0. The average molecular weight is 242 g/mol. The second-order valence-electron chi connectivity index (χ2n) is 2.48. The molecule has 80 valence electrons. The van der Waals surface area contributed by atoms with Crippen molar-refractivity contribution in [1.82, 2.24) is 0 Å². The van der Waals surface area contributed by atoms with Crippen LogP contribution in [0.5, 0.6) is 0 Å².